The first-order valence-electron chi connectivity index (χ1n) is 12.4. The van der Waals surface area contributed by atoms with Gasteiger partial charge < -0.3 is 0 Å². The molecule has 2 fully saturated rings. The third-order valence-electron chi connectivity index (χ3n) is 8.13. The van der Waals surface area contributed by atoms with Crippen molar-refractivity contribution < 1.29 is 13.2 Å². The largest absolute Gasteiger partial charge is 0.206 e. The molecule has 2 aromatic rings. The molecule has 2 aromatic carbocycles. The van der Waals surface area contributed by atoms with Crippen LogP contribution in [0.5, 0.6) is 0 Å². The third-order valence-corrected chi connectivity index (χ3v) is 8.49. The van der Waals surface area contributed by atoms with Crippen LogP contribution in [0.2, 0.25) is 5.02 Å². The van der Waals surface area contributed by atoms with Crippen LogP contribution < -0.4 is 0 Å². The van der Waals surface area contributed by atoms with E-state index in [1.165, 1.54) is 57.8 Å². The van der Waals surface area contributed by atoms with Crippen LogP contribution in [0, 0.1) is 35.2 Å². The van der Waals surface area contributed by atoms with E-state index in [0.29, 0.717) is 5.92 Å². The molecule has 0 aromatic heterocycles. The molecule has 4 rings (SSSR count). The number of hydrogen-bond donors (Lipinski definition) is 0. The van der Waals surface area contributed by atoms with Crippen LogP contribution in [0.4, 0.5) is 13.2 Å². The smallest absolute Gasteiger partial charge is 0.145 e. The van der Waals surface area contributed by atoms with Crippen molar-refractivity contribution in [1.82, 2.24) is 0 Å². The highest BCUT2D eigenvalue weighted by Crippen LogP contribution is 2.41. The Hall–Kier alpha value is -1.48. The monoisotopic (exact) mass is 462 g/mol. The first-order chi connectivity index (χ1) is 15.4. The molecule has 2 saturated carbocycles. The summed E-state index contributed by atoms with van der Waals surface area (Å²) in [6.45, 7) is 2.32. The minimum atomic E-state index is -0.873. The summed E-state index contributed by atoms with van der Waals surface area (Å²) in [7, 11) is 0. The van der Waals surface area contributed by atoms with Gasteiger partial charge in [0.15, 0.2) is 0 Å². The second kappa shape index (κ2) is 10.6. The van der Waals surface area contributed by atoms with Gasteiger partial charge in [-0.15, -0.1) is 0 Å². The van der Waals surface area contributed by atoms with Crippen LogP contribution in [0.25, 0.3) is 11.1 Å². The molecular weight excluding hydrogens is 429 g/mol. The minimum Gasteiger partial charge on any atom is -0.206 e. The molecule has 2 aliphatic rings. The molecule has 0 spiro atoms. The molecule has 0 amide bonds. The topological polar surface area (TPSA) is 0 Å². The average molecular weight is 463 g/mol. The van der Waals surface area contributed by atoms with E-state index in [4.69, 9.17) is 11.6 Å². The van der Waals surface area contributed by atoms with Gasteiger partial charge in [0.25, 0.3) is 0 Å². The third kappa shape index (κ3) is 5.53. The molecule has 2 aliphatic carbocycles. The summed E-state index contributed by atoms with van der Waals surface area (Å²) in [5, 5.41) is -0.559. The minimum absolute atomic E-state index is 0.171. The summed E-state index contributed by atoms with van der Waals surface area (Å²) in [6.07, 6.45) is 14.4. The molecule has 4 heteroatoms. The predicted molar refractivity (Wildman–Crippen MR) is 126 cm³/mol. The second-order valence-electron chi connectivity index (χ2n) is 10.1. The molecule has 0 atom stereocenters. The van der Waals surface area contributed by atoms with Crippen molar-refractivity contribution in [3.63, 3.8) is 0 Å². The van der Waals surface area contributed by atoms with Gasteiger partial charge in [0.05, 0.1) is 0 Å². The fourth-order valence-electron chi connectivity index (χ4n) is 5.91. The van der Waals surface area contributed by atoms with E-state index < -0.39 is 22.5 Å². The van der Waals surface area contributed by atoms with Gasteiger partial charge in [0.2, 0.25) is 0 Å². The molecule has 174 valence electrons. The maximum Gasteiger partial charge on any atom is 0.145 e. The van der Waals surface area contributed by atoms with E-state index in [2.05, 4.69) is 6.92 Å². The molecule has 0 radical (unpaired) electrons. The Bertz CT molecular complexity index is 886. The van der Waals surface area contributed by atoms with E-state index >= 15 is 0 Å². The fraction of sp³-hybridized carbons (Fsp3) is 0.571. The van der Waals surface area contributed by atoms with Gasteiger partial charge in [-0.25, -0.2) is 13.2 Å². The molecule has 0 N–H and O–H groups in total. The average Bonchev–Trinajstić information content (AvgIpc) is 2.81. The van der Waals surface area contributed by atoms with E-state index in [0.717, 1.165) is 48.3 Å². The number of halogens is 4. The van der Waals surface area contributed by atoms with Crippen LogP contribution in [-0.4, -0.2) is 0 Å². The second-order valence-corrected chi connectivity index (χ2v) is 10.5. The van der Waals surface area contributed by atoms with Gasteiger partial charge in [-0.2, -0.15) is 0 Å². The summed E-state index contributed by atoms with van der Waals surface area (Å²) in [4.78, 5) is 0. The SMILES string of the molecule is CCC1CCC(CCC2CCC(c3ccc(-c4cc(F)c(Cl)c(F)c4)c(F)c3)CC2)CC1. The lowest BCUT2D eigenvalue weighted by molar-refractivity contribution is 0.227. The van der Waals surface area contributed by atoms with Crippen molar-refractivity contribution in [2.75, 3.05) is 0 Å². The normalized spacial score (nSPS) is 26.3. The number of rotatable bonds is 6. The molecule has 0 aliphatic heterocycles. The Kier molecular flexibility index (Phi) is 7.87. The van der Waals surface area contributed by atoms with Crippen LogP contribution in [0.1, 0.15) is 89.0 Å². The lowest BCUT2D eigenvalue weighted by atomic mass is 9.74. The lowest BCUT2D eigenvalue weighted by Gasteiger charge is -2.32. The van der Waals surface area contributed by atoms with Crippen molar-refractivity contribution in [3.05, 3.63) is 58.4 Å². The molecular formula is C28H34ClF3. The quantitative estimate of drug-likeness (QED) is 0.375. The van der Waals surface area contributed by atoms with Gasteiger partial charge >= 0.3 is 0 Å². The Morgan fingerprint density at radius 1 is 0.719 bits per heavy atom. The van der Waals surface area contributed by atoms with Gasteiger partial charge in [0.1, 0.15) is 22.5 Å². The van der Waals surface area contributed by atoms with E-state index in [1.807, 2.05) is 6.07 Å². The first kappa shape index (κ1) is 23.7. The Balaban J connectivity index is 1.31. The van der Waals surface area contributed by atoms with Gasteiger partial charge in [-0.1, -0.05) is 75.6 Å². The van der Waals surface area contributed by atoms with Crippen molar-refractivity contribution >= 4 is 11.6 Å². The van der Waals surface area contributed by atoms with E-state index in [-0.39, 0.29) is 11.1 Å². The first-order valence-corrected chi connectivity index (χ1v) is 12.8. The Morgan fingerprint density at radius 2 is 1.25 bits per heavy atom. The Labute approximate surface area is 195 Å². The Morgan fingerprint density at radius 3 is 1.78 bits per heavy atom. The summed E-state index contributed by atoms with van der Waals surface area (Å²) in [6, 6.07) is 7.29. The highest BCUT2D eigenvalue weighted by molar-refractivity contribution is 6.31. The lowest BCUT2D eigenvalue weighted by Crippen LogP contribution is -2.17. The maximum atomic E-state index is 14.8. The van der Waals surface area contributed by atoms with Crippen LogP contribution in [0.3, 0.4) is 0 Å². The summed E-state index contributed by atoms with van der Waals surface area (Å²) >= 11 is 5.55. The summed E-state index contributed by atoms with van der Waals surface area (Å²) in [5.41, 5.74) is 1.37. The molecule has 0 bridgehead atoms. The van der Waals surface area contributed by atoms with Crippen molar-refractivity contribution in [1.29, 1.82) is 0 Å². The van der Waals surface area contributed by atoms with E-state index in [9.17, 15) is 13.2 Å². The van der Waals surface area contributed by atoms with Crippen LogP contribution in [-0.2, 0) is 0 Å². The standard InChI is InChI=1S/C28H34ClF3/c1-2-18-3-5-19(6-4-18)7-8-20-9-11-21(12-10-20)22-13-14-24(25(30)15-22)23-16-26(31)28(29)27(32)17-23/h13-21H,2-12H2,1H3. The van der Waals surface area contributed by atoms with E-state index in [1.54, 1.807) is 12.1 Å². The molecule has 0 saturated heterocycles. The molecule has 0 unspecified atom stereocenters. The summed E-state index contributed by atoms with van der Waals surface area (Å²) in [5.74, 6) is 0.885. The number of benzene rings is 2. The number of hydrogen-bond acceptors (Lipinski definition) is 0. The zero-order valence-corrected chi connectivity index (χ0v) is 19.7. The molecule has 32 heavy (non-hydrogen) atoms. The van der Waals surface area contributed by atoms with Crippen molar-refractivity contribution in [2.24, 2.45) is 17.8 Å². The van der Waals surface area contributed by atoms with Gasteiger partial charge in [-0.05, 0) is 78.7 Å². The van der Waals surface area contributed by atoms with Crippen LogP contribution in [0.15, 0.2) is 30.3 Å². The zero-order valence-electron chi connectivity index (χ0n) is 19.0. The summed E-state index contributed by atoms with van der Waals surface area (Å²) < 4.78 is 42.4. The molecule has 0 heterocycles. The van der Waals surface area contributed by atoms with Gasteiger partial charge in [-0.3, -0.25) is 0 Å². The fourth-order valence-corrected chi connectivity index (χ4v) is 6.02. The molecule has 0 nitrogen and oxygen atoms in total. The highest BCUT2D eigenvalue weighted by Gasteiger charge is 2.25. The van der Waals surface area contributed by atoms with Crippen molar-refractivity contribution in [3.8, 4) is 11.1 Å². The maximum absolute atomic E-state index is 14.8. The van der Waals surface area contributed by atoms with Crippen LogP contribution >= 0.6 is 11.6 Å². The highest BCUT2D eigenvalue weighted by atomic mass is 35.5. The van der Waals surface area contributed by atoms with Crippen molar-refractivity contribution in [2.45, 2.75) is 83.5 Å². The predicted octanol–water partition coefficient (Wildman–Crippen LogP) is 9.69. The van der Waals surface area contributed by atoms with Gasteiger partial charge in [0, 0.05) is 5.56 Å². The zero-order chi connectivity index (χ0) is 22.7.